The van der Waals surface area contributed by atoms with Crippen LogP contribution in [0.5, 0.6) is 0 Å². The van der Waals surface area contributed by atoms with E-state index in [2.05, 4.69) is 29.6 Å². The Morgan fingerprint density at radius 2 is 2.14 bits per heavy atom. The molecule has 14 heavy (non-hydrogen) atoms. The molecule has 1 aromatic rings. The van der Waals surface area contributed by atoms with E-state index in [0.717, 1.165) is 25.3 Å². The van der Waals surface area contributed by atoms with Gasteiger partial charge in [0.1, 0.15) is 0 Å². The fraction of sp³-hybridized carbons (Fsp3) is 0.455. The lowest BCUT2D eigenvalue weighted by molar-refractivity contribution is 0.0277. The quantitative estimate of drug-likeness (QED) is 0.757. The maximum Gasteiger partial charge on any atom is 0.0949 e. The van der Waals surface area contributed by atoms with Crippen molar-refractivity contribution in [3.05, 3.63) is 35.4 Å². The van der Waals surface area contributed by atoms with Crippen LogP contribution in [0.25, 0.3) is 0 Å². The number of halogens is 1. The minimum Gasteiger partial charge on any atom is -0.371 e. The number of nitrogens with one attached hydrogen (secondary N) is 1. The molecular weight excluding hydrogens is 198 g/mol. The number of ether oxygens (including phenoxy) is 1. The molecule has 0 amide bonds. The van der Waals surface area contributed by atoms with Crippen molar-refractivity contribution < 1.29 is 4.74 Å². The summed E-state index contributed by atoms with van der Waals surface area (Å²) in [4.78, 5) is 0. The van der Waals surface area contributed by atoms with Crippen molar-refractivity contribution in [2.75, 3.05) is 19.7 Å². The number of benzene rings is 1. The Morgan fingerprint density at radius 1 is 1.36 bits per heavy atom. The van der Waals surface area contributed by atoms with Gasteiger partial charge in [-0.3, -0.25) is 0 Å². The van der Waals surface area contributed by atoms with Crippen LogP contribution in [0.3, 0.4) is 0 Å². The third kappa shape index (κ3) is 2.27. The van der Waals surface area contributed by atoms with Gasteiger partial charge in [-0.15, -0.1) is 11.6 Å². The van der Waals surface area contributed by atoms with Gasteiger partial charge in [-0.2, -0.15) is 0 Å². The normalized spacial score (nSPS) is 22.2. The van der Waals surface area contributed by atoms with Crippen LogP contribution < -0.4 is 5.32 Å². The molecule has 2 nitrogen and oxygen atoms in total. The number of rotatable bonds is 2. The van der Waals surface area contributed by atoms with Gasteiger partial charge in [-0.1, -0.05) is 24.3 Å². The molecule has 0 aromatic heterocycles. The summed E-state index contributed by atoms with van der Waals surface area (Å²) >= 11 is 5.72. The Morgan fingerprint density at radius 3 is 2.71 bits per heavy atom. The maximum atomic E-state index is 5.72. The van der Waals surface area contributed by atoms with E-state index in [1.54, 1.807) is 0 Å². The molecule has 0 aliphatic carbocycles. The number of hydrogen-bond donors (Lipinski definition) is 1. The van der Waals surface area contributed by atoms with Crippen molar-refractivity contribution in [1.29, 1.82) is 0 Å². The van der Waals surface area contributed by atoms with Crippen molar-refractivity contribution in [3.8, 4) is 0 Å². The van der Waals surface area contributed by atoms with Crippen LogP contribution in [0.15, 0.2) is 24.3 Å². The van der Waals surface area contributed by atoms with Crippen molar-refractivity contribution in [1.82, 2.24) is 5.32 Å². The van der Waals surface area contributed by atoms with Crippen molar-refractivity contribution in [2.45, 2.75) is 12.0 Å². The molecule has 1 unspecified atom stereocenters. The number of hydrogen-bond acceptors (Lipinski definition) is 2. The smallest absolute Gasteiger partial charge is 0.0949 e. The summed E-state index contributed by atoms with van der Waals surface area (Å²) in [5.74, 6) is 0.573. The fourth-order valence-electron chi connectivity index (χ4n) is 1.60. The first-order valence-corrected chi connectivity index (χ1v) is 5.41. The molecule has 1 N–H and O–H groups in total. The zero-order chi connectivity index (χ0) is 9.80. The molecule has 0 radical (unpaired) electrons. The minimum atomic E-state index is 0.202. The predicted octanol–water partition coefficient (Wildman–Crippen LogP) is 2.09. The second-order valence-electron chi connectivity index (χ2n) is 3.44. The lowest BCUT2D eigenvalue weighted by Gasteiger charge is -2.23. The van der Waals surface area contributed by atoms with Crippen LogP contribution in [0.4, 0.5) is 0 Å². The molecule has 1 saturated heterocycles. The van der Waals surface area contributed by atoms with Gasteiger partial charge in [0.15, 0.2) is 0 Å². The lowest BCUT2D eigenvalue weighted by Crippen LogP contribution is -2.33. The molecule has 3 heteroatoms. The largest absolute Gasteiger partial charge is 0.371 e. The van der Waals surface area contributed by atoms with Crippen LogP contribution in [0, 0.1) is 0 Å². The SMILES string of the molecule is ClCc1ccc(C2CNCCO2)cc1. The molecule has 2 rings (SSSR count). The standard InChI is InChI=1S/C11H14ClNO/c12-7-9-1-3-10(4-2-9)11-8-13-5-6-14-11/h1-4,11,13H,5-8H2. The molecule has 1 fully saturated rings. The molecule has 1 aromatic carbocycles. The van der Waals surface area contributed by atoms with E-state index in [1.807, 2.05) is 0 Å². The average molecular weight is 212 g/mol. The highest BCUT2D eigenvalue weighted by molar-refractivity contribution is 6.17. The van der Waals surface area contributed by atoms with Gasteiger partial charge < -0.3 is 10.1 Å². The topological polar surface area (TPSA) is 21.3 Å². The minimum absolute atomic E-state index is 0.202. The third-order valence-corrected chi connectivity index (χ3v) is 2.74. The average Bonchev–Trinajstić information content (AvgIpc) is 2.30. The predicted molar refractivity (Wildman–Crippen MR) is 57.6 cm³/mol. The van der Waals surface area contributed by atoms with Gasteiger partial charge in [-0.25, -0.2) is 0 Å². The Bertz CT molecular complexity index is 280. The monoisotopic (exact) mass is 211 g/mol. The Labute approximate surface area is 89.2 Å². The molecule has 1 aliphatic heterocycles. The van der Waals surface area contributed by atoms with E-state index in [9.17, 15) is 0 Å². The fourth-order valence-corrected chi connectivity index (χ4v) is 1.78. The first kappa shape index (κ1) is 9.97. The molecule has 1 atom stereocenters. The summed E-state index contributed by atoms with van der Waals surface area (Å²) in [5.41, 5.74) is 2.38. The molecule has 0 saturated carbocycles. The summed E-state index contributed by atoms with van der Waals surface area (Å²) < 4.78 is 5.64. The summed E-state index contributed by atoms with van der Waals surface area (Å²) in [5, 5.41) is 3.31. The van der Waals surface area contributed by atoms with Gasteiger partial charge >= 0.3 is 0 Å². The Kier molecular flexibility index (Phi) is 3.40. The van der Waals surface area contributed by atoms with Gasteiger partial charge in [0.2, 0.25) is 0 Å². The van der Waals surface area contributed by atoms with E-state index in [1.165, 1.54) is 5.56 Å². The van der Waals surface area contributed by atoms with Gasteiger partial charge in [0, 0.05) is 19.0 Å². The lowest BCUT2D eigenvalue weighted by atomic mass is 10.1. The number of morpholine rings is 1. The summed E-state index contributed by atoms with van der Waals surface area (Å²) in [6.45, 7) is 2.65. The van der Waals surface area contributed by atoms with Crippen LogP contribution in [0.1, 0.15) is 17.2 Å². The molecule has 76 valence electrons. The molecule has 0 bridgehead atoms. The molecule has 1 heterocycles. The summed E-state index contributed by atoms with van der Waals surface area (Å²) in [6.07, 6.45) is 0.202. The summed E-state index contributed by atoms with van der Waals surface area (Å²) in [7, 11) is 0. The van der Waals surface area contributed by atoms with Crippen molar-refractivity contribution in [3.63, 3.8) is 0 Å². The van der Waals surface area contributed by atoms with Crippen LogP contribution in [-0.2, 0) is 10.6 Å². The molecule has 0 spiro atoms. The Balaban J connectivity index is 2.07. The Hall–Kier alpha value is -0.570. The van der Waals surface area contributed by atoms with Crippen molar-refractivity contribution >= 4 is 11.6 Å². The zero-order valence-electron chi connectivity index (χ0n) is 8.00. The van der Waals surface area contributed by atoms with E-state index >= 15 is 0 Å². The highest BCUT2D eigenvalue weighted by atomic mass is 35.5. The molecule has 1 aliphatic rings. The highest BCUT2D eigenvalue weighted by Crippen LogP contribution is 2.19. The van der Waals surface area contributed by atoms with Gasteiger partial charge in [-0.05, 0) is 11.1 Å². The molecular formula is C11H14ClNO. The zero-order valence-corrected chi connectivity index (χ0v) is 8.76. The van der Waals surface area contributed by atoms with E-state index < -0.39 is 0 Å². The highest BCUT2D eigenvalue weighted by Gasteiger charge is 2.14. The van der Waals surface area contributed by atoms with Crippen LogP contribution >= 0.6 is 11.6 Å². The second kappa shape index (κ2) is 4.78. The van der Waals surface area contributed by atoms with E-state index in [-0.39, 0.29) is 6.10 Å². The summed E-state index contributed by atoms with van der Waals surface area (Å²) in [6, 6.07) is 8.30. The van der Waals surface area contributed by atoms with E-state index in [4.69, 9.17) is 16.3 Å². The van der Waals surface area contributed by atoms with Crippen molar-refractivity contribution in [2.24, 2.45) is 0 Å². The van der Waals surface area contributed by atoms with Gasteiger partial charge in [0.25, 0.3) is 0 Å². The second-order valence-corrected chi connectivity index (χ2v) is 3.71. The number of alkyl halides is 1. The third-order valence-electron chi connectivity index (χ3n) is 2.43. The maximum absolute atomic E-state index is 5.72. The van der Waals surface area contributed by atoms with Crippen LogP contribution in [0.2, 0.25) is 0 Å². The first-order valence-electron chi connectivity index (χ1n) is 4.87. The first-order chi connectivity index (χ1) is 6.90. The van der Waals surface area contributed by atoms with Crippen LogP contribution in [-0.4, -0.2) is 19.7 Å². The van der Waals surface area contributed by atoms with E-state index in [0.29, 0.717) is 5.88 Å². The van der Waals surface area contributed by atoms with Gasteiger partial charge in [0.05, 0.1) is 12.7 Å².